The lowest BCUT2D eigenvalue weighted by molar-refractivity contribution is 0.0240. The number of ether oxygens (including phenoxy) is 2. The summed E-state index contributed by atoms with van der Waals surface area (Å²) in [5.41, 5.74) is -0.718. The highest BCUT2D eigenvalue weighted by Gasteiger charge is 2.28. The van der Waals surface area contributed by atoms with Crippen molar-refractivity contribution < 1.29 is 19.0 Å². The van der Waals surface area contributed by atoms with E-state index in [9.17, 15) is 14.3 Å². The Morgan fingerprint density at radius 2 is 2.17 bits per heavy atom. The summed E-state index contributed by atoms with van der Waals surface area (Å²) >= 11 is 1.72. The van der Waals surface area contributed by atoms with Crippen LogP contribution in [0.3, 0.4) is 0 Å². The minimum absolute atomic E-state index is 0.0380. The lowest BCUT2D eigenvalue weighted by Crippen LogP contribution is -2.31. The predicted octanol–water partition coefficient (Wildman–Crippen LogP) is 3.40. The lowest BCUT2D eigenvalue weighted by Gasteiger charge is -2.32. The Balaban J connectivity index is 1.46. The number of thioether (sulfide) groups is 1. The van der Waals surface area contributed by atoms with Crippen molar-refractivity contribution in [3.63, 3.8) is 0 Å². The molecule has 29 heavy (non-hydrogen) atoms. The molecule has 1 aromatic carbocycles. The fraction of sp³-hybridized carbons (Fsp3) is 0.619. The maximum absolute atomic E-state index is 14.5. The number of aromatic amines is 1. The number of aliphatic hydroxyl groups is 1. The third-order valence-corrected chi connectivity index (χ3v) is 7.14. The summed E-state index contributed by atoms with van der Waals surface area (Å²) in [4.78, 5) is 19.6. The minimum atomic E-state index is -0.623. The van der Waals surface area contributed by atoms with Crippen LogP contribution in [0.25, 0.3) is 10.9 Å². The number of H-pyrrole nitrogens is 1. The molecule has 0 radical (unpaired) electrons. The van der Waals surface area contributed by atoms with Crippen LogP contribution in [0.5, 0.6) is 5.75 Å². The van der Waals surface area contributed by atoms with E-state index in [2.05, 4.69) is 9.97 Å². The summed E-state index contributed by atoms with van der Waals surface area (Å²) in [5, 5.41) is 10.5. The summed E-state index contributed by atoms with van der Waals surface area (Å²) < 4.78 is 25.6. The fourth-order valence-electron chi connectivity index (χ4n) is 3.91. The van der Waals surface area contributed by atoms with E-state index in [1.807, 2.05) is 6.92 Å². The first-order valence-corrected chi connectivity index (χ1v) is 11.2. The molecule has 2 aromatic rings. The van der Waals surface area contributed by atoms with Crippen LogP contribution in [-0.4, -0.2) is 45.7 Å². The molecule has 1 unspecified atom stereocenters. The van der Waals surface area contributed by atoms with Crippen molar-refractivity contribution in [1.29, 1.82) is 0 Å². The van der Waals surface area contributed by atoms with Crippen molar-refractivity contribution in [2.45, 2.75) is 55.6 Å². The second-order valence-corrected chi connectivity index (χ2v) is 9.65. The van der Waals surface area contributed by atoms with Gasteiger partial charge in [-0.15, -0.1) is 0 Å². The van der Waals surface area contributed by atoms with Gasteiger partial charge in [-0.3, -0.25) is 4.79 Å². The van der Waals surface area contributed by atoms with Gasteiger partial charge in [-0.2, -0.15) is 11.8 Å². The molecule has 1 aliphatic carbocycles. The van der Waals surface area contributed by atoms with Gasteiger partial charge in [-0.25, -0.2) is 9.37 Å². The average Bonchev–Trinajstić information content (AvgIpc) is 3.18. The molecule has 1 aromatic heterocycles. The van der Waals surface area contributed by atoms with Gasteiger partial charge < -0.3 is 19.6 Å². The first-order valence-electron chi connectivity index (χ1n) is 10.2. The van der Waals surface area contributed by atoms with Gasteiger partial charge in [0.1, 0.15) is 22.8 Å². The predicted molar refractivity (Wildman–Crippen MR) is 111 cm³/mol. The van der Waals surface area contributed by atoms with Crippen LogP contribution in [0.4, 0.5) is 4.39 Å². The monoisotopic (exact) mass is 422 g/mol. The fourth-order valence-corrected chi connectivity index (χ4v) is 5.00. The van der Waals surface area contributed by atoms with Crippen molar-refractivity contribution in [2.24, 2.45) is 5.92 Å². The third-order valence-electron chi connectivity index (χ3n) is 5.76. The van der Waals surface area contributed by atoms with Gasteiger partial charge in [0.25, 0.3) is 5.56 Å². The van der Waals surface area contributed by atoms with Gasteiger partial charge >= 0.3 is 0 Å². The Morgan fingerprint density at radius 3 is 2.90 bits per heavy atom. The third kappa shape index (κ3) is 5.10. The maximum Gasteiger partial charge on any atom is 0.261 e. The Labute approximate surface area is 173 Å². The van der Waals surface area contributed by atoms with Gasteiger partial charge in [0, 0.05) is 29.9 Å². The molecule has 158 valence electrons. The molecule has 1 aliphatic heterocycles. The molecule has 2 aliphatic rings. The smallest absolute Gasteiger partial charge is 0.261 e. The number of aromatic nitrogens is 2. The van der Waals surface area contributed by atoms with Crippen LogP contribution < -0.4 is 10.3 Å². The number of hydrogen-bond acceptors (Lipinski definition) is 6. The van der Waals surface area contributed by atoms with Gasteiger partial charge in [0.15, 0.2) is 0 Å². The summed E-state index contributed by atoms with van der Waals surface area (Å²) in [6.07, 6.45) is 4.38. The van der Waals surface area contributed by atoms with Crippen molar-refractivity contribution in [3.8, 4) is 5.75 Å². The van der Waals surface area contributed by atoms with Gasteiger partial charge in [-0.1, -0.05) is 0 Å². The van der Waals surface area contributed by atoms with E-state index < -0.39 is 17.0 Å². The summed E-state index contributed by atoms with van der Waals surface area (Å²) in [5.74, 6) is 1.15. The van der Waals surface area contributed by atoms with Crippen LogP contribution >= 0.6 is 11.8 Å². The lowest BCUT2D eigenvalue weighted by atomic mass is 9.86. The van der Waals surface area contributed by atoms with Crippen LogP contribution in [0.15, 0.2) is 16.9 Å². The number of nitrogens with one attached hydrogen (secondary N) is 1. The highest BCUT2D eigenvalue weighted by atomic mass is 32.2. The van der Waals surface area contributed by atoms with E-state index in [4.69, 9.17) is 9.47 Å². The Bertz CT molecular complexity index is 917. The first kappa shape index (κ1) is 20.6. The van der Waals surface area contributed by atoms with Crippen molar-refractivity contribution in [2.75, 3.05) is 19.8 Å². The Kier molecular flexibility index (Phi) is 6.13. The highest BCUT2D eigenvalue weighted by Crippen LogP contribution is 2.35. The highest BCUT2D eigenvalue weighted by molar-refractivity contribution is 7.99. The molecule has 1 saturated carbocycles. The molecule has 8 heteroatoms. The second-order valence-electron chi connectivity index (χ2n) is 8.36. The number of nitrogens with zero attached hydrogens (tertiary/aromatic N) is 1. The zero-order chi connectivity index (χ0) is 20.4. The molecule has 6 nitrogen and oxygen atoms in total. The Hall–Kier alpha value is -1.64. The van der Waals surface area contributed by atoms with Gasteiger partial charge in [-0.05, 0) is 39.0 Å². The van der Waals surface area contributed by atoms with Gasteiger partial charge in [0.05, 0.1) is 30.1 Å². The molecule has 2 N–H and O–H groups in total. The van der Waals surface area contributed by atoms with Crippen LogP contribution in [0.2, 0.25) is 0 Å². The average molecular weight is 423 g/mol. The normalized spacial score (nSPS) is 27.4. The topological polar surface area (TPSA) is 84.4 Å². The summed E-state index contributed by atoms with van der Waals surface area (Å²) in [6, 6.07) is 2.88. The van der Waals surface area contributed by atoms with E-state index in [0.29, 0.717) is 47.2 Å². The van der Waals surface area contributed by atoms with E-state index in [-0.39, 0.29) is 5.39 Å². The molecule has 0 amide bonds. The molecule has 0 spiro atoms. The van der Waals surface area contributed by atoms with Crippen molar-refractivity contribution >= 4 is 22.7 Å². The summed E-state index contributed by atoms with van der Waals surface area (Å²) in [7, 11) is 0. The molecular formula is C21H27FN2O4S. The van der Waals surface area contributed by atoms with Gasteiger partial charge in [0.2, 0.25) is 0 Å². The van der Waals surface area contributed by atoms with E-state index in [1.54, 1.807) is 17.8 Å². The van der Waals surface area contributed by atoms with E-state index in [1.165, 1.54) is 6.07 Å². The molecule has 2 heterocycles. The Morgan fingerprint density at radius 1 is 1.38 bits per heavy atom. The first-order chi connectivity index (χ1) is 13.9. The maximum atomic E-state index is 14.5. The number of benzene rings is 1. The summed E-state index contributed by atoms with van der Waals surface area (Å²) in [6.45, 7) is 3.73. The second kappa shape index (κ2) is 8.62. The molecule has 4 rings (SSSR count). The molecule has 0 bridgehead atoms. The van der Waals surface area contributed by atoms with Crippen LogP contribution in [-0.2, 0) is 10.5 Å². The number of hydrogen-bond donors (Lipinski definition) is 2. The largest absolute Gasteiger partial charge is 0.493 e. The standard InChI is InChI=1S/C21H27FN2O4S/c1-21(26)5-2-15(3-6-21)29-12-18-23-17-9-14(28-11-13-4-7-27-10-13)8-16(22)19(17)20(25)24-18/h8-9,13,15,26H,2-7,10-12H2,1H3,(H,23,24,25). The quantitative estimate of drug-likeness (QED) is 0.742. The van der Waals surface area contributed by atoms with E-state index >= 15 is 0 Å². The molecule has 2 fully saturated rings. The van der Waals surface area contributed by atoms with E-state index in [0.717, 1.165) is 38.7 Å². The molecule has 1 saturated heterocycles. The number of rotatable bonds is 6. The van der Waals surface area contributed by atoms with Crippen LogP contribution in [0, 0.1) is 11.7 Å². The minimum Gasteiger partial charge on any atom is -0.493 e. The van der Waals surface area contributed by atoms with Crippen molar-refractivity contribution in [1.82, 2.24) is 9.97 Å². The SMILES string of the molecule is CC1(O)CCC(SCc2nc3cc(OCC4CCOC4)cc(F)c3c(=O)[nH]2)CC1. The molecule has 1 atom stereocenters. The zero-order valence-electron chi connectivity index (χ0n) is 16.6. The zero-order valence-corrected chi connectivity index (χ0v) is 17.4. The van der Waals surface area contributed by atoms with Crippen molar-refractivity contribution in [3.05, 3.63) is 34.1 Å². The van der Waals surface area contributed by atoms with Crippen LogP contribution in [0.1, 0.15) is 44.9 Å². The number of fused-ring (bicyclic) bond motifs is 1. The molecular weight excluding hydrogens is 395 g/mol. The number of halogens is 1.